The molecule has 0 aromatic carbocycles. The van der Waals surface area contributed by atoms with Crippen molar-refractivity contribution >= 4 is 5.97 Å². The number of carboxylic acids is 1. The maximum atomic E-state index is 10.5. The second-order valence-corrected chi connectivity index (χ2v) is 3.36. The lowest BCUT2D eigenvalue weighted by molar-refractivity contribution is -0.132. The molecule has 0 spiro atoms. The molecule has 0 unspecified atom stereocenters. The molecule has 0 heterocycles. The molecule has 70 valence electrons. The van der Waals surface area contributed by atoms with Crippen LogP contribution in [0.4, 0.5) is 0 Å². The first kappa shape index (κ1) is 11.2. The maximum absolute atomic E-state index is 10.5. The summed E-state index contributed by atoms with van der Waals surface area (Å²) in [5, 5.41) is 8.67. The van der Waals surface area contributed by atoms with E-state index >= 15 is 0 Å². The van der Waals surface area contributed by atoms with Crippen LogP contribution in [0, 0.1) is 5.92 Å². The normalized spacial score (nSPS) is 12.2. The van der Waals surface area contributed by atoms with E-state index in [1.165, 1.54) is 0 Å². The van der Waals surface area contributed by atoms with Crippen LogP contribution in [0.1, 0.15) is 40.0 Å². The Morgan fingerprint density at radius 1 is 1.50 bits per heavy atom. The molecule has 0 aromatic heterocycles. The highest BCUT2D eigenvalue weighted by atomic mass is 16.4. The fraction of sp³-hybridized carbons (Fsp3) is 0.700. The van der Waals surface area contributed by atoms with Gasteiger partial charge in [0.05, 0.1) is 0 Å². The Morgan fingerprint density at radius 2 is 2.08 bits per heavy atom. The van der Waals surface area contributed by atoms with Gasteiger partial charge in [-0.15, -0.1) is 0 Å². The van der Waals surface area contributed by atoms with Crippen LogP contribution in [0.15, 0.2) is 11.6 Å². The van der Waals surface area contributed by atoms with Crippen LogP contribution < -0.4 is 0 Å². The topological polar surface area (TPSA) is 37.3 Å². The number of aliphatic carboxylic acids is 1. The Balaban J connectivity index is 3.87. The molecule has 2 heteroatoms. The highest BCUT2D eigenvalue weighted by molar-refractivity contribution is 5.86. The average molecular weight is 170 g/mol. The lowest BCUT2D eigenvalue weighted by atomic mass is 10.1. The molecule has 0 radical (unpaired) electrons. The number of rotatable bonds is 5. The monoisotopic (exact) mass is 170 g/mol. The van der Waals surface area contributed by atoms with Gasteiger partial charge in [-0.2, -0.15) is 0 Å². The minimum Gasteiger partial charge on any atom is -0.478 e. The van der Waals surface area contributed by atoms with Gasteiger partial charge in [0.2, 0.25) is 0 Å². The lowest BCUT2D eigenvalue weighted by Gasteiger charge is -2.01. The van der Waals surface area contributed by atoms with E-state index in [1.54, 1.807) is 0 Å². The zero-order valence-corrected chi connectivity index (χ0v) is 8.13. The number of carbonyl (C=O) groups is 1. The molecule has 0 fully saturated rings. The minimum absolute atomic E-state index is 0.538. The quantitative estimate of drug-likeness (QED) is 0.644. The van der Waals surface area contributed by atoms with Crippen molar-refractivity contribution in [1.82, 2.24) is 0 Å². The van der Waals surface area contributed by atoms with E-state index in [2.05, 4.69) is 13.8 Å². The molecule has 2 nitrogen and oxygen atoms in total. The van der Waals surface area contributed by atoms with Crippen molar-refractivity contribution in [2.24, 2.45) is 5.92 Å². The van der Waals surface area contributed by atoms with Crippen LogP contribution in [0.25, 0.3) is 0 Å². The highest BCUT2D eigenvalue weighted by Crippen LogP contribution is 2.08. The third-order valence-electron chi connectivity index (χ3n) is 1.79. The summed E-state index contributed by atoms with van der Waals surface area (Å²) < 4.78 is 0. The molecule has 0 bridgehead atoms. The molecule has 0 aliphatic heterocycles. The van der Waals surface area contributed by atoms with Gasteiger partial charge in [0, 0.05) is 5.57 Å². The van der Waals surface area contributed by atoms with Crippen LogP contribution in [0.3, 0.4) is 0 Å². The van der Waals surface area contributed by atoms with Gasteiger partial charge in [-0.05, 0) is 25.2 Å². The molecular weight excluding hydrogens is 152 g/mol. The van der Waals surface area contributed by atoms with Crippen LogP contribution in [-0.4, -0.2) is 11.1 Å². The molecule has 0 amide bonds. The van der Waals surface area contributed by atoms with Gasteiger partial charge in [0.25, 0.3) is 0 Å². The Bertz CT molecular complexity index is 169. The second-order valence-electron chi connectivity index (χ2n) is 3.36. The Labute approximate surface area is 74.3 Å². The van der Waals surface area contributed by atoms with Gasteiger partial charge in [-0.25, -0.2) is 4.79 Å². The van der Waals surface area contributed by atoms with Gasteiger partial charge in [0.1, 0.15) is 0 Å². The predicted octanol–water partition coefficient (Wildman–Crippen LogP) is 2.84. The number of hydrogen-bond donors (Lipinski definition) is 1. The molecule has 0 aromatic rings. The summed E-state index contributed by atoms with van der Waals surface area (Å²) in [6.45, 7) is 6.15. The largest absolute Gasteiger partial charge is 0.478 e. The summed E-state index contributed by atoms with van der Waals surface area (Å²) in [7, 11) is 0. The summed E-state index contributed by atoms with van der Waals surface area (Å²) in [4.78, 5) is 10.5. The van der Waals surface area contributed by atoms with Crippen molar-refractivity contribution < 1.29 is 9.90 Å². The van der Waals surface area contributed by atoms with Crippen molar-refractivity contribution in [3.63, 3.8) is 0 Å². The Kier molecular flexibility index (Phi) is 5.43. The molecule has 12 heavy (non-hydrogen) atoms. The summed E-state index contributed by atoms with van der Waals surface area (Å²) in [5.74, 6) is -0.130. The molecule has 0 saturated carbocycles. The third kappa shape index (κ3) is 4.94. The van der Waals surface area contributed by atoms with Crippen molar-refractivity contribution in [1.29, 1.82) is 0 Å². The fourth-order valence-corrected chi connectivity index (χ4v) is 0.974. The molecule has 0 saturated heterocycles. The standard InChI is InChI=1S/C10H18O2/c1-4-9(10(11)12)7-5-6-8(2)3/h7-8H,4-6H2,1-3H3,(H,11,12)/b9-7-. The van der Waals surface area contributed by atoms with Crippen molar-refractivity contribution in [3.05, 3.63) is 11.6 Å². The Hall–Kier alpha value is -0.790. The number of hydrogen-bond acceptors (Lipinski definition) is 1. The molecule has 1 N–H and O–H groups in total. The fourth-order valence-electron chi connectivity index (χ4n) is 0.974. The third-order valence-corrected chi connectivity index (χ3v) is 1.79. The molecule has 0 aliphatic rings. The molecule has 0 atom stereocenters. The first-order valence-electron chi connectivity index (χ1n) is 4.50. The van der Waals surface area contributed by atoms with Gasteiger partial charge < -0.3 is 5.11 Å². The molecule has 0 rings (SSSR count). The smallest absolute Gasteiger partial charge is 0.331 e. The van der Waals surface area contributed by atoms with E-state index in [9.17, 15) is 4.79 Å². The summed E-state index contributed by atoms with van der Waals surface area (Å²) in [6, 6.07) is 0. The van der Waals surface area contributed by atoms with Gasteiger partial charge >= 0.3 is 5.97 Å². The maximum Gasteiger partial charge on any atom is 0.331 e. The summed E-state index contributed by atoms with van der Waals surface area (Å²) >= 11 is 0. The van der Waals surface area contributed by atoms with Crippen molar-refractivity contribution in [2.45, 2.75) is 40.0 Å². The molecular formula is C10H18O2. The van der Waals surface area contributed by atoms with Crippen LogP contribution >= 0.6 is 0 Å². The minimum atomic E-state index is -0.777. The van der Waals surface area contributed by atoms with Gasteiger partial charge in [-0.1, -0.05) is 26.8 Å². The summed E-state index contributed by atoms with van der Waals surface area (Å²) in [6.07, 6.45) is 4.40. The first-order valence-corrected chi connectivity index (χ1v) is 4.50. The zero-order valence-electron chi connectivity index (χ0n) is 8.13. The SMILES string of the molecule is CC/C(=C/CCC(C)C)C(=O)O. The van der Waals surface area contributed by atoms with Crippen molar-refractivity contribution in [2.75, 3.05) is 0 Å². The Morgan fingerprint density at radius 3 is 2.42 bits per heavy atom. The molecule has 0 aliphatic carbocycles. The highest BCUT2D eigenvalue weighted by Gasteiger charge is 2.02. The van der Waals surface area contributed by atoms with Crippen LogP contribution in [0.2, 0.25) is 0 Å². The van der Waals surface area contributed by atoms with Crippen molar-refractivity contribution in [3.8, 4) is 0 Å². The van der Waals surface area contributed by atoms with E-state index in [0.717, 1.165) is 12.8 Å². The lowest BCUT2D eigenvalue weighted by Crippen LogP contribution is -1.99. The zero-order chi connectivity index (χ0) is 9.56. The average Bonchev–Trinajstić information content (AvgIpc) is 1.96. The first-order chi connectivity index (χ1) is 5.57. The predicted molar refractivity (Wildman–Crippen MR) is 50.1 cm³/mol. The van der Waals surface area contributed by atoms with E-state index in [0.29, 0.717) is 17.9 Å². The van der Waals surface area contributed by atoms with Crippen LogP contribution in [0.5, 0.6) is 0 Å². The van der Waals surface area contributed by atoms with Gasteiger partial charge in [-0.3, -0.25) is 0 Å². The van der Waals surface area contributed by atoms with Crippen LogP contribution in [-0.2, 0) is 4.79 Å². The summed E-state index contributed by atoms with van der Waals surface area (Å²) in [5.41, 5.74) is 0.538. The van der Waals surface area contributed by atoms with E-state index in [-0.39, 0.29) is 0 Å². The van der Waals surface area contributed by atoms with E-state index < -0.39 is 5.97 Å². The number of carboxylic acid groups (broad SMARTS) is 1. The van der Waals surface area contributed by atoms with Gasteiger partial charge in [0.15, 0.2) is 0 Å². The number of allylic oxidation sites excluding steroid dienone is 1. The van der Waals surface area contributed by atoms with E-state index in [1.807, 2.05) is 13.0 Å². The second kappa shape index (κ2) is 5.81. The van der Waals surface area contributed by atoms with E-state index in [4.69, 9.17) is 5.11 Å².